The normalized spacial score (nSPS) is 8.95. The summed E-state index contributed by atoms with van der Waals surface area (Å²) < 4.78 is 8.88. The molecule has 0 aliphatic heterocycles. The topological polar surface area (TPSA) is 164 Å². The lowest BCUT2D eigenvalue weighted by Crippen LogP contribution is -1.66. The van der Waals surface area contributed by atoms with Gasteiger partial charge in [-0.05, 0) is 18.2 Å². The summed E-state index contributed by atoms with van der Waals surface area (Å²) >= 11 is 0. The van der Waals surface area contributed by atoms with E-state index < -0.39 is 7.82 Å². The Morgan fingerprint density at radius 3 is 1.00 bits per heavy atom. The maximum Gasteiger partial charge on any atom is 0.466 e. The molecule has 0 atom stereocenters. The van der Waals surface area contributed by atoms with E-state index in [0.717, 1.165) is 0 Å². The molecule has 0 unspecified atom stereocenters. The molecule has 3 aromatic rings. The summed E-state index contributed by atoms with van der Waals surface area (Å²) in [6.45, 7) is 0. The van der Waals surface area contributed by atoms with Crippen LogP contribution < -0.4 is 0 Å². The zero-order valence-corrected chi connectivity index (χ0v) is 11.1. The molecule has 0 radical (unpaired) electrons. The van der Waals surface area contributed by atoms with Gasteiger partial charge in [0.2, 0.25) is 0 Å². The van der Waals surface area contributed by atoms with Gasteiger partial charge in [0.15, 0.2) is 0 Å². The predicted octanol–water partition coefficient (Wildman–Crippen LogP) is 0.300. The number of aromatic amines is 3. The summed E-state index contributed by atoms with van der Waals surface area (Å²) in [5, 5.41) is 18.6. The number of hydrogen-bond acceptors (Lipinski definition) is 4. The molecule has 11 heteroatoms. The molecule has 0 fully saturated rings. The highest BCUT2D eigenvalue weighted by atomic mass is 31.2. The Morgan fingerprint density at radius 2 is 0.950 bits per heavy atom. The van der Waals surface area contributed by atoms with Gasteiger partial charge in [-0.3, -0.25) is 15.3 Å². The molecule has 0 aromatic carbocycles. The first-order valence-corrected chi connectivity index (χ1v) is 6.66. The first kappa shape index (κ1) is 17.7. The van der Waals surface area contributed by atoms with Gasteiger partial charge in [0.25, 0.3) is 0 Å². The van der Waals surface area contributed by atoms with E-state index in [9.17, 15) is 0 Å². The molecule has 0 aliphatic carbocycles. The number of aromatic nitrogens is 6. The molecule has 110 valence electrons. The maximum absolute atomic E-state index is 8.88. The largest absolute Gasteiger partial charge is 0.466 e. The van der Waals surface area contributed by atoms with Gasteiger partial charge in [-0.2, -0.15) is 15.3 Å². The van der Waals surface area contributed by atoms with Crippen LogP contribution in [0.15, 0.2) is 55.4 Å². The quantitative estimate of drug-likeness (QED) is 0.325. The van der Waals surface area contributed by atoms with Crippen LogP contribution in [0.3, 0.4) is 0 Å². The zero-order chi connectivity index (χ0) is 15.1. The van der Waals surface area contributed by atoms with Crippen molar-refractivity contribution < 1.29 is 19.2 Å². The van der Waals surface area contributed by atoms with Gasteiger partial charge in [0.05, 0.1) is 0 Å². The number of nitrogens with one attached hydrogen (secondary N) is 3. The van der Waals surface area contributed by atoms with E-state index in [2.05, 4.69) is 30.6 Å². The van der Waals surface area contributed by atoms with Crippen LogP contribution in [0.5, 0.6) is 0 Å². The molecular weight excluding hydrogens is 287 g/mol. The van der Waals surface area contributed by atoms with Crippen molar-refractivity contribution in [2.24, 2.45) is 0 Å². The van der Waals surface area contributed by atoms with Crippen molar-refractivity contribution in [3.05, 3.63) is 55.4 Å². The number of hydrogen-bond donors (Lipinski definition) is 6. The Morgan fingerprint density at radius 1 is 0.700 bits per heavy atom. The standard InChI is InChI=1S/3C3H4N2.H3O4P/c3*1-2-4-5-3-1;1-5(2,3)4/h3*1-3H,(H,4,5);(H3,1,2,3,4). The van der Waals surface area contributed by atoms with Crippen molar-refractivity contribution >= 4 is 7.82 Å². The molecule has 20 heavy (non-hydrogen) atoms. The smallest absolute Gasteiger partial charge is 0.303 e. The van der Waals surface area contributed by atoms with E-state index in [1.165, 1.54) is 0 Å². The second-order valence-corrected chi connectivity index (χ2v) is 3.84. The van der Waals surface area contributed by atoms with Crippen molar-refractivity contribution in [3.63, 3.8) is 0 Å². The van der Waals surface area contributed by atoms with Gasteiger partial charge in [-0.1, -0.05) is 0 Å². The molecule has 0 bridgehead atoms. The lowest BCUT2D eigenvalue weighted by Gasteiger charge is -1.82. The molecular formula is C9H15N6O4P. The fraction of sp³-hybridized carbons (Fsp3) is 0. The lowest BCUT2D eigenvalue weighted by molar-refractivity contribution is 0.275. The van der Waals surface area contributed by atoms with Crippen molar-refractivity contribution in [2.75, 3.05) is 0 Å². The van der Waals surface area contributed by atoms with Crippen molar-refractivity contribution in [1.29, 1.82) is 0 Å². The molecule has 10 nitrogen and oxygen atoms in total. The SMILES string of the molecule is O=P(O)(O)O.c1cn[nH]c1.c1cn[nH]c1.c1cn[nH]c1. The minimum absolute atomic E-state index is 1.69. The van der Waals surface area contributed by atoms with Crippen LogP contribution in [0.1, 0.15) is 0 Å². The third-order valence-corrected chi connectivity index (χ3v) is 1.22. The zero-order valence-electron chi connectivity index (χ0n) is 10.2. The molecule has 0 spiro atoms. The first-order chi connectivity index (χ1) is 9.50. The van der Waals surface area contributed by atoms with Gasteiger partial charge < -0.3 is 14.7 Å². The number of rotatable bonds is 0. The molecule has 0 saturated heterocycles. The Balaban J connectivity index is 0.000000241. The van der Waals surface area contributed by atoms with Crippen LogP contribution in [0, 0.1) is 0 Å². The lowest BCUT2D eigenvalue weighted by atomic mass is 10.8. The summed E-state index contributed by atoms with van der Waals surface area (Å²) in [6, 6.07) is 5.50. The highest BCUT2D eigenvalue weighted by molar-refractivity contribution is 7.45. The Labute approximate surface area is 114 Å². The number of nitrogens with zero attached hydrogens (tertiary/aromatic N) is 3. The highest BCUT2D eigenvalue weighted by Crippen LogP contribution is 2.25. The molecule has 3 aromatic heterocycles. The highest BCUT2D eigenvalue weighted by Gasteiger charge is 2.00. The van der Waals surface area contributed by atoms with Crippen molar-refractivity contribution in [3.8, 4) is 0 Å². The van der Waals surface area contributed by atoms with Crippen LogP contribution in [0.4, 0.5) is 0 Å². The van der Waals surface area contributed by atoms with E-state index in [-0.39, 0.29) is 0 Å². The first-order valence-electron chi connectivity index (χ1n) is 5.09. The summed E-state index contributed by atoms with van der Waals surface area (Å²) in [5.74, 6) is 0. The molecule has 0 amide bonds. The van der Waals surface area contributed by atoms with E-state index >= 15 is 0 Å². The minimum Gasteiger partial charge on any atom is -0.303 e. The Kier molecular flexibility index (Phi) is 10.5. The van der Waals surface area contributed by atoms with Gasteiger partial charge >= 0.3 is 7.82 Å². The van der Waals surface area contributed by atoms with Crippen LogP contribution in [-0.2, 0) is 4.57 Å². The second kappa shape index (κ2) is 11.8. The second-order valence-electron chi connectivity index (χ2n) is 2.81. The molecule has 6 N–H and O–H groups in total. The van der Waals surface area contributed by atoms with Crippen molar-refractivity contribution in [1.82, 2.24) is 30.6 Å². The molecule has 0 saturated carbocycles. The van der Waals surface area contributed by atoms with Crippen molar-refractivity contribution in [2.45, 2.75) is 0 Å². The summed E-state index contributed by atoms with van der Waals surface area (Å²) in [4.78, 5) is 21.6. The molecule has 3 rings (SSSR count). The summed E-state index contributed by atoms with van der Waals surface area (Å²) in [5.41, 5.74) is 0. The third kappa shape index (κ3) is 21.1. The average molecular weight is 302 g/mol. The van der Waals surface area contributed by atoms with Gasteiger partial charge in [0.1, 0.15) is 0 Å². The van der Waals surface area contributed by atoms with Crippen LogP contribution in [-0.4, -0.2) is 45.3 Å². The maximum atomic E-state index is 8.88. The fourth-order valence-corrected chi connectivity index (χ4v) is 0.645. The number of phosphoric acid groups is 1. The fourth-order valence-electron chi connectivity index (χ4n) is 0.645. The average Bonchev–Trinajstić information content (AvgIpc) is 3.17. The molecule has 3 heterocycles. The summed E-state index contributed by atoms with van der Waals surface area (Å²) in [7, 11) is -4.64. The van der Waals surface area contributed by atoms with Gasteiger partial charge in [-0.25, -0.2) is 4.57 Å². The van der Waals surface area contributed by atoms with E-state index in [4.69, 9.17) is 19.2 Å². The molecule has 0 aliphatic rings. The van der Waals surface area contributed by atoms with E-state index in [1.807, 2.05) is 18.2 Å². The predicted molar refractivity (Wildman–Crippen MR) is 70.0 cm³/mol. The monoisotopic (exact) mass is 302 g/mol. The Hall–Kier alpha value is -2.26. The van der Waals surface area contributed by atoms with Crippen LogP contribution in [0.2, 0.25) is 0 Å². The van der Waals surface area contributed by atoms with E-state index in [0.29, 0.717) is 0 Å². The van der Waals surface area contributed by atoms with E-state index in [1.54, 1.807) is 37.2 Å². The van der Waals surface area contributed by atoms with Gasteiger partial charge in [-0.15, -0.1) is 0 Å². The number of H-pyrrole nitrogens is 3. The summed E-state index contributed by atoms with van der Waals surface area (Å²) in [6.07, 6.45) is 10.4. The van der Waals surface area contributed by atoms with Crippen LogP contribution >= 0.6 is 7.82 Å². The van der Waals surface area contributed by atoms with Crippen LogP contribution in [0.25, 0.3) is 0 Å². The minimum atomic E-state index is -4.64. The third-order valence-electron chi connectivity index (χ3n) is 1.22. The van der Waals surface area contributed by atoms with Gasteiger partial charge in [0, 0.05) is 37.2 Å². The Bertz CT molecular complexity index is 384.